The molecule has 1 saturated carbocycles. The van der Waals surface area contributed by atoms with E-state index in [-0.39, 0.29) is 0 Å². The number of hydrogen-bond acceptors (Lipinski definition) is 3. The van der Waals surface area contributed by atoms with Crippen LogP contribution in [0.2, 0.25) is 0 Å². The fourth-order valence-electron chi connectivity index (χ4n) is 3.73. The van der Waals surface area contributed by atoms with Crippen molar-refractivity contribution in [3.63, 3.8) is 0 Å². The summed E-state index contributed by atoms with van der Waals surface area (Å²) < 4.78 is 0. The summed E-state index contributed by atoms with van der Waals surface area (Å²) in [5, 5.41) is 1.11. The van der Waals surface area contributed by atoms with E-state index in [0.29, 0.717) is 0 Å². The number of aromatic nitrogens is 2. The molecule has 26 heavy (non-hydrogen) atoms. The topological polar surface area (TPSA) is 29.0 Å². The number of rotatable bonds is 5. The summed E-state index contributed by atoms with van der Waals surface area (Å²) in [5.41, 5.74) is 1.01. The van der Waals surface area contributed by atoms with Crippen molar-refractivity contribution in [3.8, 4) is 0 Å². The van der Waals surface area contributed by atoms with E-state index in [2.05, 4.69) is 36.1 Å². The quantitative estimate of drug-likeness (QED) is 0.628. The second-order valence-electron chi connectivity index (χ2n) is 7.25. The van der Waals surface area contributed by atoms with Crippen LogP contribution in [0.1, 0.15) is 65.1 Å². The molecule has 0 N–H and O–H groups in total. The zero-order chi connectivity index (χ0) is 18.9. The minimum atomic E-state index is 0.819. The summed E-state index contributed by atoms with van der Waals surface area (Å²) >= 11 is 0. The van der Waals surface area contributed by atoms with Crippen molar-refractivity contribution in [2.45, 2.75) is 59.3 Å². The van der Waals surface area contributed by atoms with Crippen molar-refractivity contribution in [1.29, 1.82) is 0 Å². The smallest absolute Gasteiger partial charge is 0.154 e. The van der Waals surface area contributed by atoms with Gasteiger partial charge in [0, 0.05) is 19.5 Å². The normalized spacial score (nSPS) is 20.0. The molecule has 1 aliphatic carbocycles. The van der Waals surface area contributed by atoms with Gasteiger partial charge in [0.1, 0.15) is 5.82 Å². The van der Waals surface area contributed by atoms with Crippen LogP contribution >= 0.6 is 0 Å². The molecule has 0 atom stereocenters. The van der Waals surface area contributed by atoms with Gasteiger partial charge in [-0.1, -0.05) is 58.2 Å². The molecular weight excluding hydrogens is 318 g/mol. The van der Waals surface area contributed by atoms with Gasteiger partial charge in [-0.3, -0.25) is 0 Å². The molecule has 0 saturated heterocycles. The SMILES string of the molecule is CC.CCC1CCC(C/C=C/c2nc(N(C)C)c3ccccc3n2)CC1. The van der Waals surface area contributed by atoms with Gasteiger partial charge in [-0.2, -0.15) is 0 Å². The minimum absolute atomic E-state index is 0.819. The van der Waals surface area contributed by atoms with Gasteiger partial charge in [0.25, 0.3) is 0 Å². The first-order chi connectivity index (χ1) is 12.7. The highest BCUT2D eigenvalue weighted by atomic mass is 15.1. The number of hydrogen-bond donors (Lipinski definition) is 0. The molecule has 0 radical (unpaired) electrons. The predicted octanol–water partition coefficient (Wildman–Crippen LogP) is 6.34. The van der Waals surface area contributed by atoms with Crippen molar-refractivity contribution < 1.29 is 0 Å². The van der Waals surface area contributed by atoms with Gasteiger partial charge in [0.05, 0.1) is 5.52 Å². The second kappa shape index (κ2) is 10.3. The standard InChI is InChI=1S/C21H29N3.C2H6/c1-4-16-12-14-17(15-13-16)8-7-11-20-22-19-10-6-5-9-18(19)21(23-20)24(2)3;1-2/h5-7,9-11,16-17H,4,8,12-15H2,1-3H3;1-2H3/b11-7+;. The van der Waals surface area contributed by atoms with Gasteiger partial charge in [0.2, 0.25) is 0 Å². The summed E-state index contributed by atoms with van der Waals surface area (Å²) in [6.45, 7) is 6.32. The first-order valence-electron chi connectivity index (χ1n) is 10.3. The third kappa shape index (κ3) is 5.30. The summed E-state index contributed by atoms with van der Waals surface area (Å²) in [4.78, 5) is 11.5. The molecule has 3 heteroatoms. The van der Waals surface area contributed by atoms with Gasteiger partial charge >= 0.3 is 0 Å². The molecule has 0 spiro atoms. The maximum absolute atomic E-state index is 4.74. The van der Waals surface area contributed by atoms with E-state index in [0.717, 1.165) is 40.8 Å². The summed E-state index contributed by atoms with van der Waals surface area (Å²) in [5.74, 6) is 3.62. The van der Waals surface area contributed by atoms with Crippen molar-refractivity contribution in [2.75, 3.05) is 19.0 Å². The summed E-state index contributed by atoms with van der Waals surface area (Å²) in [7, 11) is 4.07. The lowest BCUT2D eigenvalue weighted by Crippen LogP contribution is -2.13. The molecule has 0 amide bonds. The third-order valence-corrected chi connectivity index (χ3v) is 5.30. The van der Waals surface area contributed by atoms with Gasteiger partial charge in [-0.05, 0) is 49.3 Å². The van der Waals surface area contributed by atoms with Crippen LogP contribution in [-0.4, -0.2) is 24.1 Å². The van der Waals surface area contributed by atoms with Crippen LogP contribution in [0.4, 0.5) is 5.82 Å². The highest BCUT2D eigenvalue weighted by Crippen LogP contribution is 2.32. The number of anilines is 1. The molecule has 0 aliphatic heterocycles. The van der Waals surface area contributed by atoms with Crippen molar-refractivity contribution >= 4 is 22.8 Å². The van der Waals surface area contributed by atoms with Crippen LogP contribution in [0.5, 0.6) is 0 Å². The lowest BCUT2D eigenvalue weighted by molar-refractivity contribution is 0.271. The van der Waals surface area contributed by atoms with E-state index in [9.17, 15) is 0 Å². The number of allylic oxidation sites excluding steroid dienone is 1. The largest absolute Gasteiger partial charge is 0.362 e. The van der Waals surface area contributed by atoms with Gasteiger partial charge in [-0.25, -0.2) is 9.97 Å². The van der Waals surface area contributed by atoms with Crippen LogP contribution in [0.15, 0.2) is 30.3 Å². The second-order valence-corrected chi connectivity index (χ2v) is 7.25. The number of benzene rings is 1. The molecule has 142 valence electrons. The Balaban J connectivity index is 0.00000117. The molecule has 1 aromatic carbocycles. The van der Waals surface area contributed by atoms with Crippen LogP contribution in [0.3, 0.4) is 0 Å². The molecule has 1 heterocycles. The first kappa shape index (κ1) is 20.4. The number of fused-ring (bicyclic) bond motifs is 1. The van der Waals surface area contributed by atoms with E-state index in [1.165, 1.54) is 32.1 Å². The molecule has 3 rings (SSSR count). The molecule has 1 aliphatic rings. The minimum Gasteiger partial charge on any atom is -0.362 e. The molecule has 0 unspecified atom stereocenters. The molecule has 1 aromatic heterocycles. The van der Waals surface area contributed by atoms with Crippen LogP contribution < -0.4 is 4.90 Å². The fraction of sp³-hybridized carbons (Fsp3) is 0.565. The Morgan fingerprint density at radius 2 is 1.65 bits per heavy atom. The van der Waals surface area contributed by atoms with Gasteiger partial charge in [0.15, 0.2) is 5.82 Å². The van der Waals surface area contributed by atoms with Crippen LogP contribution in [-0.2, 0) is 0 Å². The van der Waals surface area contributed by atoms with Crippen molar-refractivity contribution in [1.82, 2.24) is 9.97 Å². The van der Waals surface area contributed by atoms with E-state index < -0.39 is 0 Å². The lowest BCUT2D eigenvalue weighted by Gasteiger charge is -2.26. The Hall–Kier alpha value is -1.90. The molecule has 3 nitrogen and oxygen atoms in total. The molecule has 0 bridgehead atoms. The maximum Gasteiger partial charge on any atom is 0.154 e. The molecule has 2 aromatic rings. The van der Waals surface area contributed by atoms with Crippen LogP contribution in [0, 0.1) is 11.8 Å². The zero-order valence-electron chi connectivity index (χ0n) is 17.2. The van der Waals surface area contributed by atoms with E-state index in [1.54, 1.807) is 0 Å². The average Bonchev–Trinajstić information content (AvgIpc) is 2.69. The summed E-state index contributed by atoms with van der Waals surface area (Å²) in [6.07, 6.45) is 12.5. The third-order valence-electron chi connectivity index (χ3n) is 5.30. The zero-order valence-corrected chi connectivity index (χ0v) is 17.2. The van der Waals surface area contributed by atoms with E-state index in [4.69, 9.17) is 9.97 Å². The molecular formula is C23H35N3. The van der Waals surface area contributed by atoms with Gasteiger partial charge < -0.3 is 4.90 Å². The van der Waals surface area contributed by atoms with Crippen molar-refractivity contribution in [2.24, 2.45) is 11.8 Å². The van der Waals surface area contributed by atoms with Gasteiger partial charge in [-0.15, -0.1) is 0 Å². The Morgan fingerprint density at radius 3 is 2.31 bits per heavy atom. The van der Waals surface area contributed by atoms with E-state index >= 15 is 0 Å². The Kier molecular flexibility index (Phi) is 8.08. The van der Waals surface area contributed by atoms with E-state index in [1.807, 2.05) is 40.1 Å². The predicted molar refractivity (Wildman–Crippen MR) is 115 cm³/mol. The highest BCUT2D eigenvalue weighted by molar-refractivity contribution is 5.89. The number of nitrogens with zero attached hydrogens (tertiary/aromatic N) is 3. The monoisotopic (exact) mass is 353 g/mol. The Bertz CT molecular complexity index is 698. The fourth-order valence-corrected chi connectivity index (χ4v) is 3.73. The Labute approximate surface area is 159 Å². The Morgan fingerprint density at radius 1 is 1.00 bits per heavy atom. The number of para-hydroxylation sites is 1. The average molecular weight is 354 g/mol. The summed E-state index contributed by atoms with van der Waals surface area (Å²) in [6, 6.07) is 8.23. The highest BCUT2D eigenvalue weighted by Gasteiger charge is 2.18. The van der Waals surface area contributed by atoms with Crippen molar-refractivity contribution in [3.05, 3.63) is 36.2 Å². The molecule has 1 fully saturated rings. The first-order valence-corrected chi connectivity index (χ1v) is 10.3. The lowest BCUT2D eigenvalue weighted by atomic mass is 9.79. The van der Waals surface area contributed by atoms with Crippen LogP contribution in [0.25, 0.3) is 17.0 Å². The maximum atomic E-state index is 4.74.